The Labute approximate surface area is 103 Å². The van der Waals surface area contributed by atoms with Crippen LogP contribution in [0.15, 0.2) is 0 Å². The second-order valence-corrected chi connectivity index (χ2v) is 3.30. The van der Waals surface area contributed by atoms with Crippen molar-refractivity contribution in [2.24, 2.45) is 0 Å². The highest BCUT2D eigenvalue weighted by molar-refractivity contribution is 4.44. The van der Waals surface area contributed by atoms with Crippen LogP contribution in [-0.2, 0) is 18.9 Å². The Bertz CT molecular complexity index is 123. The standard InChI is InChI=1S/C11H25NO5/c1-14-5-2-12-3-6-15-8-10-17-11-9-16-7-4-13/h12-13H,2-11H2,1H3. The predicted molar refractivity (Wildman–Crippen MR) is 64.3 cm³/mol. The minimum absolute atomic E-state index is 0.0547. The lowest BCUT2D eigenvalue weighted by atomic mass is 10.6. The van der Waals surface area contributed by atoms with Crippen molar-refractivity contribution < 1.29 is 24.1 Å². The summed E-state index contributed by atoms with van der Waals surface area (Å²) in [5.74, 6) is 0. The number of aliphatic hydroxyl groups is 1. The Hall–Kier alpha value is -0.240. The van der Waals surface area contributed by atoms with E-state index in [1.165, 1.54) is 0 Å². The van der Waals surface area contributed by atoms with E-state index in [-0.39, 0.29) is 6.61 Å². The van der Waals surface area contributed by atoms with E-state index in [1.54, 1.807) is 7.11 Å². The Morgan fingerprint density at radius 1 is 0.765 bits per heavy atom. The van der Waals surface area contributed by atoms with Gasteiger partial charge in [0.15, 0.2) is 0 Å². The molecule has 0 aliphatic rings. The molecule has 0 amide bonds. The van der Waals surface area contributed by atoms with Crippen LogP contribution in [0.1, 0.15) is 0 Å². The van der Waals surface area contributed by atoms with E-state index in [4.69, 9.17) is 24.1 Å². The molecule has 0 fully saturated rings. The molecule has 104 valence electrons. The van der Waals surface area contributed by atoms with Gasteiger partial charge >= 0.3 is 0 Å². The van der Waals surface area contributed by atoms with Crippen molar-refractivity contribution in [3.63, 3.8) is 0 Å². The molecule has 17 heavy (non-hydrogen) atoms. The number of methoxy groups -OCH3 is 1. The number of hydrogen-bond donors (Lipinski definition) is 2. The van der Waals surface area contributed by atoms with E-state index in [1.807, 2.05) is 0 Å². The number of aliphatic hydroxyl groups excluding tert-OH is 1. The van der Waals surface area contributed by atoms with Crippen molar-refractivity contribution in [3.8, 4) is 0 Å². The highest BCUT2D eigenvalue weighted by atomic mass is 16.5. The van der Waals surface area contributed by atoms with Gasteiger partial charge < -0.3 is 29.4 Å². The van der Waals surface area contributed by atoms with Crippen LogP contribution in [0.2, 0.25) is 0 Å². The van der Waals surface area contributed by atoms with Gasteiger partial charge in [-0.2, -0.15) is 0 Å². The van der Waals surface area contributed by atoms with Gasteiger partial charge in [-0.15, -0.1) is 0 Å². The normalized spacial score (nSPS) is 10.9. The third-order valence-electron chi connectivity index (χ3n) is 1.89. The Morgan fingerprint density at radius 2 is 1.29 bits per heavy atom. The molecule has 6 nitrogen and oxygen atoms in total. The first-order valence-corrected chi connectivity index (χ1v) is 5.95. The summed E-state index contributed by atoms with van der Waals surface area (Å²) in [6.07, 6.45) is 0. The quantitative estimate of drug-likeness (QED) is 0.397. The molecule has 6 heteroatoms. The largest absolute Gasteiger partial charge is 0.394 e. The maximum absolute atomic E-state index is 8.44. The molecule has 0 aromatic rings. The molecule has 0 aliphatic heterocycles. The SMILES string of the molecule is COCCNCCOCCOCCOCCO. The van der Waals surface area contributed by atoms with Gasteiger partial charge in [-0.25, -0.2) is 0 Å². The number of ether oxygens (including phenoxy) is 4. The van der Waals surface area contributed by atoms with Crippen molar-refractivity contribution in [2.45, 2.75) is 0 Å². The monoisotopic (exact) mass is 251 g/mol. The molecule has 0 aliphatic carbocycles. The van der Waals surface area contributed by atoms with Crippen LogP contribution in [-0.4, -0.2) is 78.2 Å². The molecule has 0 unspecified atom stereocenters. The summed E-state index contributed by atoms with van der Waals surface area (Å²) in [5.41, 5.74) is 0. The fraction of sp³-hybridized carbons (Fsp3) is 1.00. The van der Waals surface area contributed by atoms with E-state index in [2.05, 4.69) is 5.32 Å². The van der Waals surface area contributed by atoms with Gasteiger partial charge in [0.25, 0.3) is 0 Å². The van der Waals surface area contributed by atoms with Crippen molar-refractivity contribution in [1.29, 1.82) is 0 Å². The minimum Gasteiger partial charge on any atom is -0.394 e. The van der Waals surface area contributed by atoms with Crippen molar-refractivity contribution >= 4 is 0 Å². The molecular formula is C11H25NO5. The number of rotatable bonds is 14. The van der Waals surface area contributed by atoms with Crippen LogP contribution in [0.3, 0.4) is 0 Å². The Morgan fingerprint density at radius 3 is 1.88 bits per heavy atom. The Balaban J connectivity index is 2.85. The number of hydrogen-bond acceptors (Lipinski definition) is 6. The van der Waals surface area contributed by atoms with E-state index in [0.717, 1.165) is 19.7 Å². The molecule has 0 heterocycles. The molecule has 0 atom stereocenters. The summed E-state index contributed by atoms with van der Waals surface area (Å²) in [5, 5.41) is 11.6. The average Bonchev–Trinajstić information content (AvgIpc) is 2.35. The molecular weight excluding hydrogens is 226 g/mol. The number of nitrogens with one attached hydrogen (secondary N) is 1. The topological polar surface area (TPSA) is 69.2 Å². The Kier molecular flexibility index (Phi) is 15.5. The third-order valence-corrected chi connectivity index (χ3v) is 1.89. The maximum Gasteiger partial charge on any atom is 0.0701 e. The molecule has 0 spiro atoms. The van der Waals surface area contributed by atoms with Crippen LogP contribution >= 0.6 is 0 Å². The first-order valence-electron chi connectivity index (χ1n) is 5.95. The van der Waals surface area contributed by atoms with Crippen LogP contribution in [0.5, 0.6) is 0 Å². The molecule has 0 saturated heterocycles. The summed E-state index contributed by atoms with van der Waals surface area (Å²) < 4.78 is 20.5. The van der Waals surface area contributed by atoms with E-state index in [9.17, 15) is 0 Å². The zero-order valence-corrected chi connectivity index (χ0v) is 10.7. The zero-order valence-electron chi connectivity index (χ0n) is 10.7. The fourth-order valence-electron chi connectivity index (χ4n) is 1.05. The van der Waals surface area contributed by atoms with Crippen LogP contribution in [0.4, 0.5) is 0 Å². The minimum atomic E-state index is 0.0547. The first kappa shape index (κ1) is 16.8. The van der Waals surface area contributed by atoms with Crippen LogP contribution < -0.4 is 5.32 Å². The average molecular weight is 251 g/mol. The first-order chi connectivity index (χ1) is 8.41. The van der Waals surface area contributed by atoms with E-state index < -0.39 is 0 Å². The molecule has 0 radical (unpaired) electrons. The molecule has 0 bridgehead atoms. The van der Waals surface area contributed by atoms with Gasteiger partial charge in [0.2, 0.25) is 0 Å². The van der Waals surface area contributed by atoms with Gasteiger partial charge in [-0.1, -0.05) is 0 Å². The van der Waals surface area contributed by atoms with Gasteiger partial charge in [-0.3, -0.25) is 0 Å². The predicted octanol–water partition coefficient (Wildman–Crippen LogP) is -0.735. The van der Waals surface area contributed by atoms with Crippen molar-refractivity contribution in [1.82, 2.24) is 5.32 Å². The van der Waals surface area contributed by atoms with Gasteiger partial charge in [0, 0.05) is 20.2 Å². The van der Waals surface area contributed by atoms with Crippen molar-refractivity contribution in [3.05, 3.63) is 0 Å². The lowest BCUT2D eigenvalue weighted by molar-refractivity contribution is 0.00811. The van der Waals surface area contributed by atoms with Gasteiger partial charge in [0.1, 0.15) is 0 Å². The zero-order chi connectivity index (χ0) is 12.6. The molecule has 2 N–H and O–H groups in total. The molecule has 0 saturated carbocycles. The summed E-state index contributed by atoms with van der Waals surface area (Å²) >= 11 is 0. The fourth-order valence-corrected chi connectivity index (χ4v) is 1.05. The molecule has 0 aromatic carbocycles. The van der Waals surface area contributed by atoms with Gasteiger partial charge in [0.05, 0.1) is 52.9 Å². The second-order valence-electron chi connectivity index (χ2n) is 3.30. The van der Waals surface area contributed by atoms with E-state index >= 15 is 0 Å². The van der Waals surface area contributed by atoms with Crippen LogP contribution in [0.25, 0.3) is 0 Å². The highest BCUT2D eigenvalue weighted by Gasteiger charge is 1.91. The van der Waals surface area contributed by atoms with Crippen molar-refractivity contribution in [2.75, 3.05) is 73.1 Å². The molecule has 0 rings (SSSR count). The smallest absolute Gasteiger partial charge is 0.0701 e. The second kappa shape index (κ2) is 15.8. The molecule has 0 aromatic heterocycles. The summed E-state index contributed by atoms with van der Waals surface area (Å²) in [6.45, 7) is 5.69. The van der Waals surface area contributed by atoms with Gasteiger partial charge in [-0.05, 0) is 0 Å². The lowest BCUT2D eigenvalue weighted by Crippen LogP contribution is -2.24. The summed E-state index contributed by atoms with van der Waals surface area (Å²) in [6, 6.07) is 0. The third kappa shape index (κ3) is 15.8. The lowest BCUT2D eigenvalue weighted by Gasteiger charge is -2.07. The van der Waals surface area contributed by atoms with Crippen LogP contribution in [0, 0.1) is 0 Å². The maximum atomic E-state index is 8.44. The van der Waals surface area contributed by atoms with E-state index in [0.29, 0.717) is 39.6 Å². The highest BCUT2D eigenvalue weighted by Crippen LogP contribution is 1.80. The summed E-state index contributed by atoms with van der Waals surface area (Å²) in [4.78, 5) is 0. The summed E-state index contributed by atoms with van der Waals surface area (Å²) in [7, 11) is 1.68.